The summed E-state index contributed by atoms with van der Waals surface area (Å²) in [7, 11) is 0. The Balaban J connectivity index is 2.41. The summed E-state index contributed by atoms with van der Waals surface area (Å²) in [5.41, 5.74) is -0.272. The number of rotatable bonds is 2. The van der Waals surface area contributed by atoms with Gasteiger partial charge in [0.25, 0.3) is 0 Å². The summed E-state index contributed by atoms with van der Waals surface area (Å²) in [5.74, 6) is 0. The molecule has 0 unspecified atom stereocenters. The Morgan fingerprint density at radius 1 is 1.45 bits per heavy atom. The molecule has 1 heterocycles. The van der Waals surface area contributed by atoms with E-state index >= 15 is 0 Å². The van der Waals surface area contributed by atoms with Crippen LogP contribution in [0.15, 0.2) is 5.18 Å². The molecule has 0 aromatic carbocycles. The molecule has 0 aliphatic carbocycles. The summed E-state index contributed by atoms with van der Waals surface area (Å²) in [6.45, 7) is 7.25. The van der Waals surface area contributed by atoms with Crippen LogP contribution >= 0.6 is 0 Å². The molecule has 1 saturated heterocycles. The number of nitrogens with zero attached hydrogens (tertiary/aromatic N) is 2. The molecule has 64 valence electrons. The molecule has 1 aliphatic rings. The van der Waals surface area contributed by atoms with E-state index in [0.29, 0.717) is 0 Å². The Morgan fingerprint density at radius 3 is 2.36 bits per heavy atom. The lowest BCUT2D eigenvalue weighted by molar-refractivity contribution is 0.179. The maximum Gasteiger partial charge on any atom is 0.102 e. The first-order chi connectivity index (χ1) is 5.20. The molecule has 1 fully saturated rings. The van der Waals surface area contributed by atoms with Gasteiger partial charge in [-0.1, -0.05) is 12.1 Å². The van der Waals surface area contributed by atoms with Crippen LogP contribution in [0.3, 0.4) is 0 Å². The van der Waals surface area contributed by atoms with Crippen LogP contribution in [0.1, 0.15) is 26.7 Å². The molecular weight excluding hydrogens is 140 g/mol. The second-order valence-electron chi connectivity index (χ2n) is 3.52. The standard InChI is InChI=1S/C8H16N2O/c1-3-10-6-4-8(2,9-11)5-7-10/h3-7H2,1-2H3. The largest absolute Gasteiger partial charge is 0.303 e. The molecule has 0 aromatic rings. The molecule has 11 heavy (non-hydrogen) atoms. The molecule has 0 amide bonds. The summed E-state index contributed by atoms with van der Waals surface area (Å²) >= 11 is 0. The van der Waals surface area contributed by atoms with Gasteiger partial charge >= 0.3 is 0 Å². The van der Waals surface area contributed by atoms with Crippen LogP contribution in [0.4, 0.5) is 0 Å². The van der Waals surface area contributed by atoms with Crippen molar-refractivity contribution in [3.8, 4) is 0 Å². The van der Waals surface area contributed by atoms with Crippen LogP contribution in [0.2, 0.25) is 0 Å². The number of nitroso groups, excluding NO2 is 1. The van der Waals surface area contributed by atoms with Crippen molar-refractivity contribution in [1.82, 2.24) is 4.90 Å². The van der Waals surface area contributed by atoms with Crippen LogP contribution in [-0.2, 0) is 0 Å². The average molecular weight is 156 g/mol. The summed E-state index contributed by atoms with van der Waals surface area (Å²) in [5, 5.41) is 3.17. The van der Waals surface area contributed by atoms with Crippen molar-refractivity contribution in [3.05, 3.63) is 4.91 Å². The van der Waals surface area contributed by atoms with Crippen molar-refractivity contribution in [1.29, 1.82) is 0 Å². The zero-order valence-electron chi connectivity index (χ0n) is 7.34. The molecule has 1 rings (SSSR count). The van der Waals surface area contributed by atoms with Crippen molar-refractivity contribution in [3.63, 3.8) is 0 Å². The number of hydrogen-bond donors (Lipinski definition) is 0. The van der Waals surface area contributed by atoms with Gasteiger partial charge in [0.15, 0.2) is 0 Å². The minimum absolute atomic E-state index is 0.272. The van der Waals surface area contributed by atoms with Crippen LogP contribution in [0.25, 0.3) is 0 Å². The summed E-state index contributed by atoms with van der Waals surface area (Å²) in [4.78, 5) is 12.8. The summed E-state index contributed by atoms with van der Waals surface area (Å²) in [6, 6.07) is 0. The topological polar surface area (TPSA) is 32.7 Å². The van der Waals surface area contributed by atoms with E-state index in [1.165, 1.54) is 0 Å². The Kier molecular flexibility index (Phi) is 2.60. The lowest BCUT2D eigenvalue weighted by atomic mass is 9.91. The first kappa shape index (κ1) is 8.65. The van der Waals surface area contributed by atoms with Crippen LogP contribution in [0, 0.1) is 4.91 Å². The molecular formula is C8H16N2O. The highest BCUT2D eigenvalue weighted by molar-refractivity contribution is 4.88. The third-order valence-electron chi connectivity index (χ3n) is 2.60. The highest BCUT2D eigenvalue weighted by Gasteiger charge is 2.30. The zero-order valence-corrected chi connectivity index (χ0v) is 7.34. The Hall–Kier alpha value is -0.440. The highest BCUT2D eigenvalue weighted by Crippen LogP contribution is 2.24. The van der Waals surface area contributed by atoms with Gasteiger partial charge in [0.1, 0.15) is 5.54 Å². The SMILES string of the molecule is CCN1CCC(C)(N=O)CC1. The van der Waals surface area contributed by atoms with Crippen LogP contribution < -0.4 is 0 Å². The molecule has 0 spiro atoms. The first-order valence-corrected chi connectivity index (χ1v) is 4.27. The van der Waals surface area contributed by atoms with Gasteiger partial charge < -0.3 is 4.90 Å². The molecule has 0 radical (unpaired) electrons. The maximum atomic E-state index is 10.4. The second-order valence-corrected chi connectivity index (χ2v) is 3.52. The molecule has 0 saturated carbocycles. The van der Waals surface area contributed by atoms with E-state index in [1.807, 2.05) is 6.92 Å². The lowest BCUT2D eigenvalue weighted by Crippen LogP contribution is -2.40. The predicted octanol–water partition coefficient (Wildman–Crippen LogP) is 1.63. The molecule has 3 heteroatoms. The predicted molar refractivity (Wildman–Crippen MR) is 45.5 cm³/mol. The molecule has 0 bridgehead atoms. The summed E-state index contributed by atoms with van der Waals surface area (Å²) in [6.07, 6.45) is 1.84. The molecule has 0 atom stereocenters. The van der Waals surface area contributed by atoms with Gasteiger partial charge in [-0.3, -0.25) is 0 Å². The van der Waals surface area contributed by atoms with E-state index in [0.717, 1.165) is 32.5 Å². The second kappa shape index (κ2) is 3.30. The molecule has 0 N–H and O–H groups in total. The van der Waals surface area contributed by atoms with Gasteiger partial charge in [-0.25, -0.2) is 0 Å². The highest BCUT2D eigenvalue weighted by atomic mass is 16.3. The van der Waals surface area contributed by atoms with Gasteiger partial charge in [0.05, 0.1) is 0 Å². The fourth-order valence-electron chi connectivity index (χ4n) is 1.44. The fraction of sp³-hybridized carbons (Fsp3) is 1.00. The van der Waals surface area contributed by atoms with Crippen molar-refractivity contribution >= 4 is 0 Å². The van der Waals surface area contributed by atoms with Crippen molar-refractivity contribution in [2.45, 2.75) is 32.2 Å². The first-order valence-electron chi connectivity index (χ1n) is 4.27. The van der Waals surface area contributed by atoms with Crippen molar-refractivity contribution < 1.29 is 0 Å². The lowest BCUT2D eigenvalue weighted by Gasteiger charge is -2.33. The van der Waals surface area contributed by atoms with E-state index in [-0.39, 0.29) is 5.54 Å². The normalized spacial score (nSPS) is 24.9. The maximum absolute atomic E-state index is 10.4. The monoisotopic (exact) mass is 156 g/mol. The third-order valence-corrected chi connectivity index (χ3v) is 2.60. The number of likely N-dealkylation sites (tertiary alicyclic amines) is 1. The number of hydrogen-bond acceptors (Lipinski definition) is 3. The van der Waals surface area contributed by atoms with Crippen LogP contribution in [-0.4, -0.2) is 30.1 Å². The van der Waals surface area contributed by atoms with Gasteiger partial charge in [-0.2, -0.15) is 4.91 Å². The van der Waals surface area contributed by atoms with E-state index in [9.17, 15) is 4.91 Å². The number of piperidine rings is 1. The molecule has 0 aromatic heterocycles. The van der Waals surface area contributed by atoms with E-state index in [2.05, 4.69) is 17.0 Å². The summed E-state index contributed by atoms with van der Waals surface area (Å²) < 4.78 is 0. The average Bonchev–Trinajstić information content (AvgIpc) is 2.06. The minimum Gasteiger partial charge on any atom is -0.303 e. The van der Waals surface area contributed by atoms with E-state index in [1.54, 1.807) is 0 Å². The zero-order chi connectivity index (χ0) is 8.32. The smallest absolute Gasteiger partial charge is 0.102 e. The Labute approximate surface area is 67.7 Å². The van der Waals surface area contributed by atoms with Gasteiger partial charge in [-0.05, 0) is 26.3 Å². The van der Waals surface area contributed by atoms with E-state index < -0.39 is 0 Å². The van der Waals surface area contributed by atoms with Gasteiger partial charge in [0.2, 0.25) is 0 Å². The van der Waals surface area contributed by atoms with Gasteiger partial charge in [0, 0.05) is 13.1 Å². The van der Waals surface area contributed by atoms with Crippen LogP contribution in [0.5, 0.6) is 0 Å². The fourth-order valence-corrected chi connectivity index (χ4v) is 1.44. The Bertz CT molecular complexity index is 139. The third kappa shape index (κ3) is 1.99. The van der Waals surface area contributed by atoms with Crippen molar-refractivity contribution in [2.24, 2.45) is 5.18 Å². The Morgan fingerprint density at radius 2 is 2.00 bits per heavy atom. The minimum atomic E-state index is -0.272. The van der Waals surface area contributed by atoms with Crippen molar-refractivity contribution in [2.75, 3.05) is 19.6 Å². The quantitative estimate of drug-likeness (QED) is 0.569. The van der Waals surface area contributed by atoms with Gasteiger partial charge in [-0.15, -0.1) is 0 Å². The van der Waals surface area contributed by atoms with E-state index in [4.69, 9.17) is 0 Å². The molecule has 1 aliphatic heterocycles. The molecule has 3 nitrogen and oxygen atoms in total.